The number of aryl methyl sites for hydroxylation is 2. The molecule has 1 unspecified atom stereocenters. The predicted octanol–water partition coefficient (Wildman–Crippen LogP) is 5.56. The summed E-state index contributed by atoms with van der Waals surface area (Å²) in [6.45, 7) is 8.46. The van der Waals surface area contributed by atoms with Crippen molar-refractivity contribution in [3.05, 3.63) is 88.9 Å². The average Bonchev–Trinajstić information content (AvgIpc) is 3.40. The van der Waals surface area contributed by atoms with Crippen molar-refractivity contribution in [2.24, 2.45) is 5.92 Å². The van der Waals surface area contributed by atoms with Crippen LogP contribution in [0.3, 0.4) is 0 Å². The van der Waals surface area contributed by atoms with E-state index in [0.29, 0.717) is 35.3 Å². The monoisotopic (exact) mass is 445 g/mol. The molecule has 2 aromatic carbocycles. The van der Waals surface area contributed by atoms with E-state index < -0.39 is 17.7 Å². The number of nitrogens with zero attached hydrogens (tertiary/aromatic N) is 1. The van der Waals surface area contributed by atoms with Crippen molar-refractivity contribution in [2.45, 2.75) is 33.7 Å². The number of benzene rings is 2. The molecule has 170 valence electrons. The van der Waals surface area contributed by atoms with Crippen LogP contribution in [-0.2, 0) is 9.59 Å². The predicted molar refractivity (Wildman–Crippen MR) is 126 cm³/mol. The minimum absolute atomic E-state index is 0.00606. The van der Waals surface area contributed by atoms with E-state index in [4.69, 9.17) is 9.15 Å². The number of ketones is 1. The topological polar surface area (TPSA) is 80.0 Å². The van der Waals surface area contributed by atoms with Gasteiger partial charge in [0.15, 0.2) is 0 Å². The van der Waals surface area contributed by atoms with Crippen LogP contribution in [0.1, 0.15) is 42.3 Å². The zero-order valence-corrected chi connectivity index (χ0v) is 19.2. The third-order valence-corrected chi connectivity index (χ3v) is 5.65. The zero-order chi connectivity index (χ0) is 23.7. The number of aliphatic hydroxyl groups excluding tert-OH is 1. The van der Waals surface area contributed by atoms with Crippen molar-refractivity contribution in [3.8, 4) is 5.75 Å². The van der Waals surface area contributed by atoms with Gasteiger partial charge in [0.2, 0.25) is 0 Å². The smallest absolute Gasteiger partial charge is 0.300 e. The normalized spacial score (nSPS) is 17.7. The van der Waals surface area contributed by atoms with Crippen LogP contribution in [0.4, 0.5) is 5.69 Å². The van der Waals surface area contributed by atoms with Crippen molar-refractivity contribution < 1.29 is 23.8 Å². The highest BCUT2D eigenvalue weighted by Gasteiger charge is 2.48. The van der Waals surface area contributed by atoms with E-state index in [2.05, 4.69) is 13.8 Å². The molecule has 1 aliphatic heterocycles. The van der Waals surface area contributed by atoms with E-state index in [1.165, 1.54) is 11.2 Å². The molecule has 3 aromatic rings. The molecule has 1 aromatic heterocycles. The SMILES string of the molecule is Cc1cc(/C(O)=C2/C(=O)C(=O)N(c3ccccc3C)C2c2ccco2)ccc1OCC(C)C. The maximum atomic E-state index is 13.2. The summed E-state index contributed by atoms with van der Waals surface area (Å²) in [7, 11) is 0. The lowest BCUT2D eigenvalue weighted by atomic mass is 9.98. The van der Waals surface area contributed by atoms with Crippen LogP contribution >= 0.6 is 0 Å². The summed E-state index contributed by atoms with van der Waals surface area (Å²) in [6.07, 6.45) is 1.48. The number of carbonyl (C=O) groups is 2. The molecule has 6 nitrogen and oxygen atoms in total. The number of anilines is 1. The lowest BCUT2D eigenvalue weighted by molar-refractivity contribution is -0.132. The number of para-hydroxylation sites is 1. The second-order valence-electron chi connectivity index (χ2n) is 8.66. The van der Waals surface area contributed by atoms with Gasteiger partial charge >= 0.3 is 0 Å². The first-order valence-electron chi connectivity index (χ1n) is 10.9. The highest BCUT2D eigenvalue weighted by molar-refractivity contribution is 6.51. The van der Waals surface area contributed by atoms with Crippen LogP contribution in [-0.4, -0.2) is 23.4 Å². The molecule has 0 aliphatic carbocycles. The Bertz CT molecular complexity index is 1220. The number of carbonyl (C=O) groups excluding carboxylic acids is 2. The van der Waals surface area contributed by atoms with Crippen LogP contribution < -0.4 is 9.64 Å². The third kappa shape index (κ3) is 4.16. The molecule has 0 saturated carbocycles. The van der Waals surface area contributed by atoms with E-state index in [-0.39, 0.29) is 11.3 Å². The van der Waals surface area contributed by atoms with Gasteiger partial charge in [-0.1, -0.05) is 32.0 Å². The Kier molecular flexibility index (Phi) is 6.09. The quantitative estimate of drug-likeness (QED) is 0.305. The molecule has 0 radical (unpaired) electrons. The van der Waals surface area contributed by atoms with E-state index in [0.717, 1.165) is 11.1 Å². The maximum absolute atomic E-state index is 13.2. The van der Waals surface area contributed by atoms with Crippen LogP contribution in [0, 0.1) is 19.8 Å². The minimum atomic E-state index is -0.877. The van der Waals surface area contributed by atoms with Gasteiger partial charge in [-0.15, -0.1) is 0 Å². The summed E-state index contributed by atoms with van der Waals surface area (Å²) in [4.78, 5) is 27.7. The lowest BCUT2D eigenvalue weighted by Gasteiger charge is -2.24. The number of hydrogen-bond donors (Lipinski definition) is 1. The second-order valence-corrected chi connectivity index (χ2v) is 8.66. The third-order valence-electron chi connectivity index (χ3n) is 5.65. The molecular weight excluding hydrogens is 418 g/mol. The van der Waals surface area contributed by atoms with Crippen molar-refractivity contribution in [2.75, 3.05) is 11.5 Å². The number of ether oxygens (including phenoxy) is 1. The van der Waals surface area contributed by atoms with Crippen molar-refractivity contribution >= 4 is 23.1 Å². The summed E-state index contributed by atoms with van der Waals surface area (Å²) >= 11 is 0. The van der Waals surface area contributed by atoms with Crippen molar-refractivity contribution in [1.82, 2.24) is 0 Å². The van der Waals surface area contributed by atoms with Crippen LogP contribution in [0.25, 0.3) is 5.76 Å². The molecule has 1 fully saturated rings. The number of furan rings is 1. The van der Waals surface area contributed by atoms with Crippen LogP contribution in [0.2, 0.25) is 0 Å². The van der Waals surface area contributed by atoms with Crippen molar-refractivity contribution in [3.63, 3.8) is 0 Å². The largest absolute Gasteiger partial charge is 0.507 e. The molecule has 33 heavy (non-hydrogen) atoms. The van der Waals surface area contributed by atoms with Crippen LogP contribution in [0.15, 0.2) is 70.9 Å². The summed E-state index contributed by atoms with van der Waals surface area (Å²) in [5, 5.41) is 11.2. The highest BCUT2D eigenvalue weighted by atomic mass is 16.5. The zero-order valence-electron chi connectivity index (χ0n) is 19.2. The van der Waals surface area contributed by atoms with Gasteiger partial charge in [-0.25, -0.2) is 0 Å². The molecule has 1 amide bonds. The fourth-order valence-electron chi connectivity index (χ4n) is 4.00. The second kappa shape index (κ2) is 8.98. The van der Waals surface area contributed by atoms with Gasteiger partial charge in [-0.3, -0.25) is 14.5 Å². The fraction of sp³-hybridized carbons (Fsp3) is 0.259. The van der Waals surface area contributed by atoms with E-state index in [9.17, 15) is 14.7 Å². The van der Waals surface area contributed by atoms with Gasteiger partial charge in [0.05, 0.1) is 18.4 Å². The summed E-state index contributed by atoms with van der Waals surface area (Å²) in [5.41, 5.74) is 2.67. The van der Waals surface area contributed by atoms with E-state index >= 15 is 0 Å². The Labute approximate surface area is 193 Å². The Morgan fingerprint density at radius 3 is 2.45 bits per heavy atom. The van der Waals surface area contributed by atoms with Crippen LogP contribution in [0.5, 0.6) is 5.75 Å². The average molecular weight is 446 g/mol. The van der Waals surface area contributed by atoms with Crippen molar-refractivity contribution in [1.29, 1.82) is 0 Å². The van der Waals surface area contributed by atoms with Gasteiger partial charge in [-0.2, -0.15) is 0 Å². The van der Waals surface area contributed by atoms with Gasteiger partial charge in [0.25, 0.3) is 11.7 Å². The number of rotatable bonds is 6. The number of Topliss-reactive ketones (excluding diaryl/α,β-unsaturated/α-hetero) is 1. The number of amides is 1. The molecule has 1 saturated heterocycles. The Morgan fingerprint density at radius 1 is 1.06 bits per heavy atom. The first-order chi connectivity index (χ1) is 15.8. The molecule has 6 heteroatoms. The Balaban J connectivity index is 1.83. The van der Waals surface area contributed by atoms with Gasteiger partial charge in [0, 0.05) is 11.3 Å². The molecule has 1 aliphatic rings. The lowest BCUT2D eigenvalue weighted by Crippen LogP contribution is -2.29. The first-order valence-corrected chi connectivity index (χ1v) is 10.9. The fourth-order valence-corrected chi connectivity index (χ4v) is 4.00. The van der Waals surface area contributed by atoms with E-state index in [1.807, 2.05) is 26.0 Å². The Morgan fingerprint density at radius 2 is 1.82 bits per heavy atom. The maximum Gasteiger partial charge on any atom is 0.300 e. The molecule has 0 spiro atoms. The minimum Gasteiger partial charge on any atom is -0.507 e. The summed E-state index contributed by atoms with van der Waals surface area (Å²) in [5.74, 6) is -0.223. The van der Waals surface area contributed by atoms with E-state index in [1.54, 1.807) is 42.5 Å². The summed E-state index contributed by atoms with van der Waals surface area (Å²) in [6, 6.07) is 15.0. The molecule has 1 N–H and O–H groups in total. The van der Waals surface area contributed by atoms with Gasteiger partial charge in [0.1, 0.15) is 23.3 Å². The molecular formula is C27H27NO5. The summed E-state index contributed by atoms with van der Waals surface area (Å²) < 4.78 is 11.4. The first kappa shape index (κ1) is 22.4. The molecule has 1 atom stereocenters. The number of aliphatic hydroxyl groups is 1. The van der Waals surface area contributed by atoms with Gasteiger partial charge in [-0.05, 0) is 67.3 Å². The molecule has 0 bridgehead atoms. The standard InChI is InChI=1S/C27H27NO5/c1-16(2)15-33-21-12-11-19(14-18(21)4)25(29)23-24(22-10-7-13-32-22)28(27(31)26(23)30)20-9-6-5-8-17(20)3/h5-14,16,24,29H,15H2,1-4H3/b25-23-. The number of hydrogen-bond acceptors (Lipinski definition) is 5. The van der Waals surface area contributed by atoms with Gasteiger partial charge < -0.3 is 14.3 Å². The molecule has 2 heterocycles. The highest BCUT2D eigenvalue weighted by Crippen LogP contribution is 2.43. The Hall–Kier alpha value is -3.80. The molecule has 4 rings (SSSR count).